The zero-order valence-corrected chi connectivity index (χ0v) is 13.2. The first-order valence-electron chi connectivity index (χ1n) is 6.47. The molecule has 0 aliphatic rings. The molecule has 5 heteroatoms. The van der Waals surface area contributed by atoms with Gasteiger partial charge in [0.15, 0.2) is 0 Å². The average Bonchev–Trinajstić information content (AvgIpc) is 2.32. The van der Waals surface area contributed by atoms with Crippen LogP contribution in [0.3, 0.4) is 0 Å². The number of allylic oxidation sites excluding steroid dienone is 1. The van der Waals surface area contributed by atoms with Crippen molar-refractivity contribution in [2.45, 2.75) is 44.9 Å². The summed E-state index contributed by atoms with van der Waals surface area (Å²) >= 11 is -1.30. The van der Waals surface area contributed by atoms with E-state index < -0.39 is 28.0 Å². The van der Waals surface area contributed by atoms with E-state index >= 15 is 0 Å². The smallest absolute Gasteiger partial charge is 0.136 e. The Morgan fingerprint density at radius 1 is 1.50 bits per heavy atom. The Morgan fingerprint density at radius 3 is 2.60 bits per heavy atom. The number of hydrogen-bond acceptors (Lipinski definition) is 3. The van der Waals surface area contributed by atoms with Crippen LogP contribution in [0.25, 0.3) is 0 Å². The number of benzene rings is 1. The first-order valence-corrected chi connectivity index (χ1v) is 7.62. The van der Waals surface area contributed by atoms with Crippen molar-refractivity contribution >= 4 is 11.4 Å². The minimum atomic E-state index is -1.30. The zero-order valence-electron chi connectivity index (χ0n) is 12.4. The third-order valence-corrected chi connectivity index (χ3v) is 4.53. The van der Waals surface area contributed by atoms with Crippen LogP contribution in [0.2, 0.25) is 0 Å². The monoisotopic (exact) mass is 299 g/mol. The molecule has 0 fully saturated rings. The molecule has 0 saturated carbocycles. The van der Waals surface area contributed by atoms with Gasteiger partial charge in [-0.3, -0.25) is 0 Å². The van der Waals surface area contributed by atoms with Crippen LogP contribution in [0, 0.1) is 5.82 Å². The van der Waals surface area contributed by atoms with Gasteiger partial charge in [-0.1, -0.05) is 6.08 Å². The van der Waals surface area contributed by atoms with Gasteiger partial charge in [0, 0.05) is 22.5 Å². The molecule has 2 atom stereocenters. The van der Waals surface area contributed by atoms with E-state index in [0.717, 1.165) is 0 Å². The van der Waals surface area contributed by atoms with Crippen LogP contribution >= 0.6 is 0 Å². The van der Waals surface area contributed by atoms with Crippen LogP contribution in [0.1, 0.15) is 44.9 Å². The van der Waals surface area contributed by atoms with Gasteiger partial charge in [0.05, 0.1) is 6.04 Å². The summed E-state index contributed by atoms with van der Waals surface area (Å²) in [4.78, 5) is 0. The Bertz CT molecular complexity index is 485. The van der Waals surface area contributed by atoms with Crippen LogP contribution in [-0.4, -0.2) is 14.4 Å². The highest BCUT2D eigenvalue weighted by atomic mass is 32.2. The Labute approximate surface area is 123 Å². The maximum Gasteiger partial charge on any atom is 0.136 e. The molecule has 0 bridgehead atoms. The number of phenolic OH excluding ortho intramolecular Hbond substituents is 1. The fourth-order valence-electron chi connectivity index (χ4n) is 1.72. The number of halogens is 1. The second-order valence-corrected chi connectivity index (χ2v) is 7.71. The van der Waals surface area contributed by atoms with E-state index in [0.29, 0.717) is 17.5 Å². The lowest BCUT2D eigenvalue weighted by Crippen LogP contribution is -2.40. The van der Waals surface area contributed by atoms with Crippen LogP contribution in [0.15, 0.2) is 24.8 Å². The molecule has 20 heavy (non-hydrogen) atoms. The molecule has 0 spiro atoms. The Morgan fingerprint density at radius 2 is 2.10 bits per heavy atom. The van der Waals surface area contributed by atoms with Crippen LogP contribution < -0.4 is 4.72 Å². The third kappa shape index (κ3) is 4.23. The van der Waals surface area contributed by atoms with Crippen molar-refractivity contribution in [2.75, 3.05) is 0 Å². The molecule has 0 saturated heterocycles. The Hall–Kier alpha value is -1.04. The van der Waals surface area contributed by atoms with Gasteiger partial charge < -0.3 is 9.66 Å². The molecule has 0 heterocycles. The molecule has 0 amide bonds. The molecule has 0 aromatic heterocycles. The van der Waals surface area contributed by atoms with E-state index in [-0.39, 0.29) is 5.75 Å². The van der Waals surface area contributed by atoms with Crippen LogP contribution in [0.4, 0.5) is 4.39 Å². The second kappa shape index (κ2) is 6.61. The molecule has 0 aliphatic heterocycles. The lowest BCUT2D eigenvalue weighted by molar-refractivity contribution is 0.450. The molecular formula is C15H22FNO2S. The molecule has 1 aromatic rings. The van der Waals surface area contributed by atoms with E-state index in [1.165, 1.54) is 12.1 Å². The second-order valence-electron chi connectivity index (χ2n) is 5.72. The summed E-state index contributed by atoms with van der Waals surface area (Å²) in [6.07, 6.45) is 1.98. The van der Waals surface area contributed by atoms with Crippen molar-refractivity contribution in [3.05, 3.63) is 41.7 Å². The van der Waals surface area contributed by atoms with E-state index in [1.807, 2.05) is 20.8 Å². The Balaban J connectivity index is 3.03. The largest absolute Gasteiger partial charge is 0.598 e. The van der Waals surface area contributed by atoms with Crippen molar-refractivity contribution in [1.82, 2.24) is 4.72 Å². The molecule has 1 unspecified atom stereocenters. The lowest BCUT2D eigenvalue weighted by atomic mass is 10.0. The first kappa shape index (κ1) is 17.0. The summed E-state index contributed by atoms with van der Waals surface area (Å²) in [6, 6.07) is 2.13. The molecule has 1 aromatic carbocycles. The van der Waals surface area contributed by atoms with E-state index in [9.17, 15) is 14.0 Å². The summed E-state index contributed by atoms with van der Waals surface area (Å²) in [5.41, 5.74) is 0.879. The standard InChI is InChI=1S/C15H22FNO2S/c1-6-7-11-8-12(16)9-13(14(11)18)10(2)17-20(19)15(3,4)5/h6,8-10,17-18H,1,7H2,2-5H3/t10-,20?/m1/s1. The summed E-state index contributed by atoms with van der Waals surface area (Å²) in [5.74, 6) is -0.401. The molecular weight excluding hydrogens is 277 g/mol. The molecule has 2 N–H and O–H groups in total. The number of hydrogen-bond donors (Lipinski definition) is 2. The van der Waals surface area contributed by atoms with Gasteiger partial charge in [0.1, 0.15) is 16.3 Å². The summed E-state index contributed by atoms with van der Waals surface area (Å²) < 4.78 is 28.1. The lowest BCUT2D eigenvalue weighted by Gasteiger charge is -2.27. The average molecular weight is 299 g/mol. The summed E-state index contributed by atoms with van der Waals surface area (Å²) in [6.45, 7) is 10.9. The minimum absolute atomic E-state index is 0.0252. The van der Waals surface area contributed by atoms with Gasteiger partial charge in [0.2, 0.25) is 0 Å². The maximum absolute atomic E-state index is 13.6. The maximum atomic E-state index is 13.6. The summed E-state index contributed by atoms with van der Waals surface area (Å²) in [7, 11) is 0. The predicted molar refractivity (Wildman–Crippen MR) is 81.4 cm³/mol. The molecule has 0 aliphatic carbocycles. The van der Waals surface area contributed by atoms with Gasteiger partial charge >= 0.3 is 0 Å². The molecule has 3 nitrogen and oxygen atoms in total. The number of rotatable bonds is 5. The highest BCUT2D eigenvalue weighted by Gasteiger charge is 2.29. The van der Waals surface area contributed by atoms with Crippen LogP contribution in [0.5, 0.6) is 5.75 Å². The van der Waals surface area contributed by atoms with Gasteiger partial charge in [0.25, 0.3) is 0 Å². The first-order chi connectivity index (χ1) is 9.16. The highest BCUT2D eigenvalue weighted by molar-refractivity contribution is 7.90. The van der Waals surface area contributed by atoms with Gasteiger partial charge in [-0.2, -0.15) is 0 Å². The molecule has 112 valence electrons. The van der Waals surface area contributed by atoms with Gasteiger partial charge in [-0.05, 0) is 46.2 Å². The van der Waals surface area contributed by atoms with Crippen molar-refractivity contribution in [3.63, 3.8) is 0 Å². The Kier molecular flexibility index (Phi) is 5.62. The third-order valence-electron chi connectivity index (χ3n) is 2.85. The summed E-state index contributed by atoms with van der Waals surface area (Å²) in [5, 5.41) is 10.2. The van der Waals surface area contributed by atoms with E-state index in [1.54, 1.807) is 13.0 Å². The highest BCUT2D eigenvalue weighted by Crippen LogP contribution is 2.31. The van der Waals surface area contributed by atoms with Crippen molar-refractivity contribution in [3.8, 4) is 5.75 Å². The fourth-order valence-corrected chi connectivity index (χ4v) is 2.52. The van der Waals surface area contributed by atoms with Crippen molar-refractivity contribution in [1.29, 1.82) is 0 Å². The van der Waals surface area contributed by atoms with Gasteiger partial charge in [-0.25, -0.2) is 4.39 Å². The molecule has 1 rings (SSSR count). The fraction of sp³-hybridized carbons (Fsp3) is 0.467. The number of nitrogens with one attached hydrogen (secondary N) is 1. The van der Waals surface area contributed by atoms with Gasteiger partial charge in [-0.15, -0.1) is 11.3 Å². The zero-order chi connectivity index (χ0) is 15.5. The quantitative estimate of drug-likeness (QED) is 0.647. The normalized spacial score (nSPS) is 14.9. The van der Waals surface area contributed by atoms with E-state index in [4.69, 9.17) is 0 Å². The number of aromatic hydroxyl groups is 1. The van der Waals surface area contributed by atoms with Crippen molar-refractivity contribution < 1.29 is 14.0 Å². The number of phenols is 1. The molecule has 0 radical (unpaired) electrons. The minimum Gasteiger partial charge on any atom is -0.598 e. The van der Waals surface area contributed by atoms with E-state index in [2.05, 4.69) is 11.3 Å². The SMILES string of the molecule is C=CCc1cc(F)cc([C@@H](C)N[S+]([O-])C(C)(C)C)c1O. The predicted octanol–water partition coefficient (Wildman–Crippen LogP) is 3.37. The van der Waals surface area contributed by atoms with Crippen LogP contribution in [-0.2, 0) is 17.8 Å². The van der Waals surface area contributed by atoms with Crippen molar-refractivity contribution in [2.24, 2.45) is 0 Å². The topological polar surface area (TPSA) is 55.3 Å².